The summed E-state index contributed by atoms with van der Waals surface area (Å²) in [6, 6.07) is 14.4. The minimum Gasteiger partial charge on any atom is -0.481 e. The molecule has 0 unspecified atom stereocenters. The van der Waals surface area contributed by atoms with Gasteiger partial charge >= 0.3 is 5.97 Å². The van der Waals surface area contributed by atoms with E-state index in [-0.39, 0.29) is 6.42 Å². The van der Waals surface area contributed by atoms with Gasteiger partial charge in [0.1, 0.15) is 0 Å². The van der Waals surface area contributed by atoms with E-state index in [1.54, 1.807) is 0 Å². The molecular formula is C15H17NO2. The maximum atomic E-state index is 10.4. The van der Waals surface area contributed by atoms with Crippen molar-refractivity contribution in [3.63, 3.8) is 0 Å². The number of unbranched alkanes of at least 4 members (excludes halogenated alkanes) is 1. The summed E-state index contributed by atoms with van der Waals surface area (Å²) in [6.45, 7) is 0.807. The Morgan fingerprint density at radius 2 is 1.83 bits per heavy atom. The van der Waals surface area contributed by atoms with E-state index in [1.807, 2.05) is 18.2 Å². The summed E-state index contributed by atoms with van der Waals surface area (Å²) >= 11 is 0. The Balaban J connectivity index is 1.93. The molecule has 0 fully saturated rings. The molecule has 94 valence electrons. The maximum absolute atomic E-state index is 10.4. The number of carbonyl (C=O) groups is 1. The molecule has 18 heavy (non-hydrogen) atoms. The Hall–Kier alpha value is -2.03. The highest BCUT2D eigenvalue weighted by Gasteiger charge is 2.00. The van der Waals surface area contributed by atoms with Crippen LogP contribution in [0.3, 0.4) is 0 Å². The van der Waals surface area contributed by atoms with E-state index < -0.39 is 5.97 Å². The van der Waals surface area contributed by atoms with Crippen LogP contribution in [-0.4, -0.2) is 17.6 Å². The van der Waals surface area contributed by atoms with Crippen molar-refractivity contribution in [2.24, 2.45) is 0 Å². The predicted octanol–water partition coefficient (Wildman–Crippen LogP) is 3.51. The van der Waals surface area contributed by atoms with Crippen LogP contribution in [0, 0.1) is 0 Å². The zero-order valence-electron chi connectivity index (χ0n) is 10.2. The van der Waals surface area contributed by atoms with Gasteiger partial charge in [0.05, 0.1) is 0 Å². The number of anilines is 1. The molecule has 0 atom stereocenters. The van der Waals surface area contributed by atoms with Crippen molar-refractivity contribution in [2.45, 2.75) is 19.3 Å². The summed E-state index contributed by atoms with van der Waals surface area (Å²) in [7, 11) is 0. The average Bonchev–Trinajstić information content (AvgIpc) is 2.38. The van der Waals surface area contributed by atoms with Gasteiger partial charge in [-0.15, -0.1) is 0 Å². The van der Waals surface area contributed by atoms with Crippen LogP contribution >= 0.6 is 0 Å². The monoisotopic (exact) mass is 243 g/mol. The lowest BCUT2D eigenvalue weighted by atomic mass is 10.1. The van der Waals surface area contributed by atoms with Gasteiger partial charge in [-0.05, 0) is 24.3 Å². The largest absolute Gasteiger partial charge is 0.481 e. The standard InChI is InChI=1S/C15H17NO2/c17-15(18)10-3-4-11-16-14-9-5-7-12-6-1-2-8-13(12)14/h1-2,5-9,16H,3-4,10-11H2,(H,17,18). The van der Waals surface area contributed by atoms with Crippen LogP contribution in [0.25, 0.3) is 10.8 Å². The molecule has 2 aromatic rings. The highest BCUT2D eigenvalue weighted by Crippen LogP contribution is 2.22. The lowest BCUT2D eigenvalue weighted by molar-refractivity contribution is -0.137. The van der Waals surface area contributed by atoms with Gasteiger partial charge < -0.3 is 10.4 Å². The van der Waals surface area contributed by atoms with E-state index in [0.29, 0.717) is 6.42 Å². The third-order valence-corrected chi connectivity index (χ3v) is 2.92. The van der Waals surface area contributed by atoms with Crippen LogP contribution in [0.15, 0.2) is 42.5 Å². The van der Waals surface area contributed by atoms with Gasteiger partial charge in [-0.3, -0.25) is 4.79 Å². The first kappa shape index (κ1) is 12.4. The van der Waals surface area contributed by atoms with Crippen LogP contribution < -0.4 is 5.32 Å². The second-order valence-corrected chi connectivity index (χ2v) is 4.30. The van der Waals surface area contributed by atoms with Crippen LogP contribution in [0.2, 0.25) is 0 Å². The molecule has 2 aromatic carbocycles. The Morgan fingerprint density at radius 1 is 1.06 bits per heavy atom. The van der Waals surface area contributed by atoms with Gasteiger partial charge in [0, 0.05) is 24.0 Å². The van der Waals surface area contributed by atoms with Gasteiger partial charge in [-0.2, -0.15) is 0 Å². The first-order chi connectivity index (χ1) is 8.77. The summed E-state index contributed by atoms with van der Waals surface area (Å²) in [5, 5.41) is 14.3. The molecule has 2 N–H and O–H groups in total. The van der Waals surface area contributed by atoms with Crippen molar-refractivity contribution in [2.75, 3.05) is 11.9 Å². The first-order valence-corrected chi connectivity index (χ1v) is 6.21. The van der Waals surface area contributed by atoms with Crippen molar-refractivity contribution in [1.82, 2.24) is 0 Å². The molecular weight excluding hydrogens is 226 g/mol. The predicted molar refractivity (Wildman–Crippen MR) is 73.9 cm³/mol. The number of rotatable bonds is 6. The minimum atomic E-state index is -0.722. The molecule has 0 aromatic heterocycles. The summed E-state index contributed by atoms with van der Waals surface area (Å²) in [6.07, 6.45) is 1.83. The number of nitrogens with one attached hydrogen (secondary N) is 1. The van der Waals surface area contributed by atoms with E-state index in [9.17, 15) is 4.79 Å². The summed E-state index contributed by atoms with van der Waals surface area (Å²) < 4.78 is 0. The van der Waals surface area contributed by atoms with Crippen LogP contribution in [0.5, 0.6) is 0 Å². The lowest BCUT2D eigenvalue weighted by Crippen LogP contribution is -2.03. The van der Waals surface area contributed by atoms with E-state index in [2.05, 4.69) is 29.6 Å². The maximum Gasteiger partial charge on any atom is 0.303 e. The molecule has 0 bridgehead atoms. The van der Waals surface area contributed by atoms with Crippen LogP contribution in [0.1, 0.15) is 19.3 Å². The van der Waals surface area contributed by atoms with Crippen molar-refractivity contribution < 1.29 is 9.90 Å². The van der Waals surface area contributed by atoms with E-state index in [0.717, 1.165) is 18.7 Å². The van der Waals surface area contributed by atoms with Gasteiger partial charge in [0.25, 0.3) is 0 Å². The summed E-state index contributed by atoms with van der Waals surface area (Å²) in [4.78, 5) is 10.4. The van der Waals surface area contributed by atoms with Crippen molar-refractivity contribution in [1.29, 1.82) is 0 Å². The molecule has 3 heteroatoms. The van der Waals surface area contributed by atoms with Crippen molar-refractivity contribution in [3.8, 4) is 0 Å². The number of hydrogen-bond donors (Lipinski definition) is 2. The summed E-state index contributed by atoms with van der Waals surface area (Å²) in [5.41, 5.74) is 1.11. The molecule has 0 aliphatic rings. The fraction of sp³-hybridized carbons (Fsp3) is 0.267. The topological polar surface area (TPSA) is 49.3 Å². The number of hydrogen-bond acceptors (Lipinski definition) is 2. The third kappa shape index (κ3) is 3.23. The molecule has 0 saturated heterocycles. The first-order valence-electron chi connectivity index (χ1n) is 6.21. The van der Waals surface area contributed by atoms with Gasteiger partial charge in [-0.25, -0.2) is 0 Å². The fourth-order valence-corrected chi connectivity index (χ4v) is 2.00. The number of carboxylic acid groups (broad SMARTS) is 1. The average molecular weight is 243 g/mol. The van der Waals surface area contributed by atoms with Gasteiger partial charge in [0.15, 0.2) is 0 Å². The molecule has 0 heterocycles. The van der Waals surface area contributed by atoms with Gasteiger partial charge in [-0.1, -0.05) is 36.4 Å². The fourth-order valence-electron chi connectivity index (χ4n) is 2.00. The molecule has 3 nitrogen and oxygen atoms in total. The quantitative estimate of drug-likeness (QED) is 0.763. The number of fused-ring (bicyclic) bond motifs is 1. The second-order valence-electron chi connectivity index (χ2n) is 4.30. The molecule has 0 spiro atoms. The zero-order chi connectivity index (χ0) is 12.8. The molecule has 0 saturated carbocycles. The zero-order valence-corrected chi connectivity index (χ0v) is 10.2. The number of benzene rings is 2. The van der Waals surface area contributed by atoms with Gasteiger partial charge in [0.2, 0.25) is 0 Å². The Morgan fingerprint density at radius 3 is 2.67 bits per heavy atom. The lowest BCUT2D eigenvalue weighted by Gasteiger charge is -2.09. The Labute approximate surface area is 106 Å². The van der Waals surface area contributed by atoms with Crippen LogP contribution in [-0.2, 0) is 4.79 Å². The van der Waals surface area contributed by atoms with E-state index >= 15 is 0 Å². The van der Waals surface area contributed by atoms with Crippen molar-refractivity contribution in [3.05, 3.63) is 42.5 Å². The third-order valence-electron chi connectivity index (χ3n) is 2.92. The SMILES string of the molecule is O=C(O)CCCCNc1cccc2ccccc12. The Kier molecular flexibility index (Phi) is 4.18. The molecule has 0 amide bonds. The Bertz CT molecular complexity index is 532. The smallest absolute Gasteiger partial charge is 0.303 e. The number of carboxylic acids is 1. The highest BCUT2D eigenvalue weighted by atomic mass is 16.4. The highest BCUT2D eigenvalue weighted by molar-refractivity contribution is 5.93. The molecule has 0 aliphatic heterocycles. The van der Waals surface area contributed by atoms with Crippen LogP contribution in [0.4, 0.5) is 5.69 Å². The van der Waals surface area contributed by atoms with E-state index in [4.69, 9.17) is 5.11 Å². The molecule has 0 aliphatic carbocycles. The normalized spacial score (nSPS) is 10.4. The molecule has 0 radical (unpaired) electrons. The van der Waals surface area contributed by atoms with E-state index in [1.165, 1.54) is 10.8 Å². The second kappa shape index (κ2) is 6.05. The minimum absolute atomic E-state index is 0.247. The summed E-state index contributed by atoms with van der Waals surface area (Å²) in [5.74, 6) is -0.722. The number of aliphatic carboxylic acids is 1. The van der Waals surface area contributed by atoms with Crippen molar-refractivity contribution >= 4 is 22.4 Å². The molecule has 2 rings (SSSR count).